The quantitative estimate of drug-likeness (QED) is 0.791. The maximum absolute atomic E-state index is 6.46. The molecule has 1 atom stereocenters. The number of hydrogen-bond acceptors (Lipinski definition) is 2. The third kappa shape index (κ3) is 1.80. The van der Waals surface area contributed by atoms with Crippen molar-refractivity contribution in [2.24, 2.45) is 35.3 Å². The molecule has 2 nitrogen and oxygen atoms in total. The van der Waals surface area contributed by atoms with Crippen molar-refractivity contribution in [3.8, 4) is 0 Å². The van der Waals surface area contributed by atoms with Gasteiger partial charge < -0.3 is 10.6 Å². The second-order valence-electron chi connectivity index (χ2n) is 6.93. The van der Waals surface area contributed by atoms with E-state index in [9.17, 15) is 0 Å². The lowest BCUT2D eigenvalue weighted by atomic mass is 9.50. The Labute approximate surface area is 99.6 Å². The van der Waals surface area contributed by atoms with Gasteiger partial charge >= 0.3 is 0 Å². The van der Waals surface area contributed by atoms with E-state index in [0.717, 1.165) is 36.1 Å². The smallest absolute Gasteiger partial charge is 0.0201 e. The normalized spacial score (nSPS) is 47.6. The second kappa shape index (κ2) is 3.99. The van der Waals surface area contributed by atoms with Gasteiger partial charge in [0.15, 0.2) is 0 Å². The SMILES string of the molecule is CN(C)CC(N)C1C2CC3CC(C2)CC1C3. The topological polar surface area (TPSA) is 29.3 Å². The first-order chi connectivity index (χ1) is 7.63. The number of nitrogens with zero attached hydrogens (tertiary/aromatic N) is 1. The lowest BCUT2D eigenvalue weighted by Crippen LogP contribution is -2.54. The third-order valence-electron chi connectivity index (χ3n) is 5.37. The molecule has 2 heteroatoms. The van der Waals surface area contributed by atoms with Crippen LogP contribution in [0.2, 0.25) is 0 Å². The summed E-state index contributed by atoms with van der Waals surface area (Å²) >= 11 is 0. The summed E-state index contributed by atoms with van der Waals surface area (Å²) in [5.74, 6) is 4.95. The first-order valence-corrected chi connectivity index (χ1v) is 7.03. The molecule has 2 N–H and O–H groups in total. The van der Waals surface area contributed by atoms with E-state index in [4.69, 9.17) is 5.73 Å². The zero-order chi connectivity index (χ0) is 11.3. The molecule has 4 rings (SSSR count). The molecule has 0 saturated heterocycles. The van der Waals surface area contributed by atoms with Crippen molar-refractivity contribution in [3.05, 3.63) is 0 Å². The molecule has 1 unspecified atom stereocenters. The first kappa shape index (κ1) is 11.0. The van der Waals surface area contributed by atoms with Crippen molar-refractivity contribution in [3.63, 3.8) is 0 Å². The van der Waals surface area contributed by atoms with Crippen LogP contribution in [0.1, 0.15) is 32.1 Å². The van der Waals surface area contributed by atoms with E-state index in [-0.39, 0.29) is 0 Å². The van der Waals surface area contributed by atoms with Crippen molar-refractivity contribution in [1.82, 2.24) is 4.90 Å². The van der Waals surface area contributed by atoms with E-state index >= 15 is 0 Å². The highest BCUT2D eigenvalue weighted by atomic mass is 15.1. The van der Waals surface area contributed by atoms with Gasteiger partial charge in [-0.25, -0.2) is 0 Å². The summed E-state index contributed by atoms with van der Waals surface area (Å²) in [5, 5.41) is 0. The van der Waals surface area contributed by atoms with E-state index in [0.29, 0.717) is 6.04 Å². The molecule has 16 heavy (non-hydrogen) atoms. The van der Waals surface area contributed by atoms with Gasteiger partial charge in [-0.1, -0.05) is 0 Å². The third-order valence-corrected chi connectivity index (χ3v) is 5.37. The van der Waals surface area contributed by atoms with Crippen LogP contribution in [0.15, 0.2) is 0 Å². The summed E-state index contributed by atoms with van der Waals surface area (Å²) in [7, 11) is 4.30. The average molecular weight is 222 g/mol. The molecule has 0 aromatic carbocycles. The van der Waals surface area contributed by atoms with E-state index in [2.05, 4.69) is 19.0 Å². The molecule has 0 aromatic rings. The monoisotopic (exact) mass is 222 g/mol. The van der Waals surface area contributed by atoms with Gasteiger partial charge in [-0.15, -0.1) is 0 Å². The fourth-order valence-corrected chi connectivity index (χ4v) is 5.21. The molecule has 0 aliphatic heterocycles. The molecule has 4 aliphatic carbocycles. The predicted molar refractivity (Wildman–Crippen MR) is 67.1 cm³/mol. The largest absolute Gasteiger partial charge is 0.326 e. The highest BCUT2D eigenvalue weighted by Gasteiger charge is 2.49. The maximum atomic E-state index is 6.46. The molecule has 0 aromatic heterocycles. The molecule has 0 amide bonds. The zero-order valence-electron chi connectivity index (χ0n) is 10.7. The number of nitrogens with two attached hydrogens (primary N) is 1. The van der Waals surface area contributed by atoms with Crippen molar-refractivity contribution >= 4 is 0 Å². The van der Waals surface area contributed by atoms with Gasteiger partial charge in [0.25, 0.3) is 0 Å². The van der Waals surface area contributed by atoms with Gasteiger partial charge in [0.1, 0.15) is 0 Å². The van der Waals surface area contributed by atoms with E-state index in [1.54, 1.807) is 6.42 Å². The minimum Gasteiger partial charge on any atom is -0.326 e. The van der Waals surface area contributed by atoms with Gasteiger partial charge in [-0.3, -0.25) is 0 Å². The van der Waals surface area contributed by atoms with Gasteiger partial charge in [0.05, 0.1) is 0 Å². The zero-order valence-corrected chi connectivity index (χ0v) is 10.7. The highest BCUT2D eigenvalue weighted by Crippen LogP contribution is 2.57. The Bertz CT molecular complexity index is 233. The fourth-order valence-electron chi connectivity index (χ4n) is 5.21. The van der Waals surface area contributed by atoms with Crippen LogP contribution in [0.3, 0.4) is 0 Å². The lowest BCUT2D eigenvalue weighted by molar-refractivity contribution is -0.0489. The van der Waals surface area contributed by atoms with Crippen LogP contribution < -0.4 is 5.73 Å². The first-order valence-electron chi connectivity index (χ1n) is 7.03. The summed E-state index contributed by atoms with van der Waals surface area (Å²) < 4.78 is 0. The fraction of sp³-hybridized carbons (Fsp3) is 1.00. The van der Waals surface area contributed by atoms with Crippen LogP contribution in [0, 0.1) is 29.6 Å². The number of likely N-dealkylation sites (N-methyl/N-ethyl adjacent to an activating group) is 1. The summed E-state index contributed by atoms with van der Waals surface area (Å²) in [4.78, 5) is 2.26. The van der Waals surface area contributed by atoms with Gasteiger partial charge in [-0.2, -0.15) is 0 Å². The molecule has 4 aliphatic rings. The van der Waals surface area contributed by atoms with Crippen LogP contribution >= 0.6 is 0 Å². The Morgan fingerprint density at radius 1 is 1.00 bits per heavy atom. The summed E-state index contributed by atoms with van der Waals surface area (Å²) in [5.41, 5.74) is 6.46. The van der Waals surface area contributed by atoms with E-state index < -0.39 is 0 Å². The Morgan fingerprint density at radius 3 is 1.94 bits per heavy atom. The summed E-state index contributed by atoms with van der Waals surface area (Å²) in [6.45, 7) is 1.08. The van der Waals surface area contributed by atoms with Crippen molar-refractivity contribution in [2.45, 2.75) is 38.1 Å². The van der Waals surface area contributed by atoms with Gasteiger partial charge in [0.2, 0.25) is 0 Å². The maximum Gasteiger partial charge on any atom is 0.0201 e. The van der Waals surface area contributed by atoms with Gasteiger partial charge in [0, 0.05) is 12.6 Å². The van der Waals surface area contributed by atoms with E-state index in [1.165, 1.54) is 25.7 Å². The minimum absolute atomic E-state index is 0.421. The van der Waals surface area contributed by atoms with Crippen LogP contribution in [0.25, 0.3) is 0 Å². The van der Waals surface area contributed by atoms with Crippen LogP contribution in [-0.2, 0) is 0 Å². The average Bonchev–Trinajstić information content (AvgIpc) is 2.13. The van der Waals surface area contributed by atoms with Crippen molar-refractivity contribution in [1.29, 1.82) is 0 Å². The minimum atomic E-state index is 0.421. The Balaban J connectivity index is 1.71. The number of rotatable bonds is 3. The molecule has 92 valence electrons. The Kier molecular flexibility index (Phi) is 2.75. The molecular formula is C14H26N2. The van der Waals surface area contributed by atoms with E-state index in [1.807, 2.05) is 0 Å². The standard InChI is InChI=1S/C14H26N2/c1-16(2)8-13(15)14-11-4-9-3-10(6-11)7-12(14)5-9/h9-14H,3-8,15H2,1-2H3. The molecule has 0 spiro atoms. The summed E-state index contributed by atoms with van der Waals surface area (Å²) in [6.07, 6.45) is 7.54. The van der Waals surface area contributed by atoms with Crippen molar-refractivity contribution in [2.75, 3.05) is 20.6 Å². The molecule has 0 heterocycles. The molecular weight excluding hydrogens is 196 g/mol. The highest BCUT2D eigenvalue weighted by molar-refractivity contribution is 5.01. The summed E-state index contributed by atoms with van der Waals surface area (Å²) in [6, 6.07) is 0.421. The molecule has 4 bridgehead atoms. The molecule has 4 fully saturated rings. The van der Waals surface area contributed by atoms with Crippen molar-refractivity contribution < 1.29 is 0 Å². The van der Waals surface area contributed by atoms with Crippen LogP contribution in [0.5, 0.6) is 0 Å². The predicted octanol–water partition coefficient (Wildman–Crippen LogP) is 1.95. The second-order valence-corrected chi connectivity index (χ2v) is 6.93. The Morgan fingerprint density at radius 2 is 1.50 bits per heavy atom. The van der Waals surface area contributed by atoms with Crippen LogP contribution in [-0.4, -0.2) is 31.6 Å². The van der Waals surface area contributed by atoms with Gasteiger partial charge in [-0.05, 0) is 75.8 Å². The number of hydrogen-bond donors (Lipinski definition) is 1. The Hall–Kier alpha value is -0.0800. The molecule has 0 radical (unpaired) electrons. The van der Waals surface area contributed by atoms with Crippen LogP contribution in [0.4, 0.5) is 0 Å². The molecule has 4 saturated carbocycles. The lowest BCUT2D eigenvalue weighted by Gasteiger charge is -2.56.